The molecule has 10 atom stereocenters. The van der Waals surface area contributed by atoms with Crippen molar-refractivity contribution in [1.29, 1.82) is 0 Å². The van der Waals surface area contributed by atoms with E-state index in [4.69, 9.17) is 34.6 Å². The number of nitrogens with two attached hydrogens (primary N) is 2. The lowest BCUT2D eigenvalue weighted by atomic mass is 9.96. The second-order valence-corrected chi connectivity index (χ2v) is 23.9. The van der Waals surface area contributed by atoms with Gasteiger partial charge in [0.25, 0.3) is 5.91 Å². The van der Waals surface area contributed by atoms with Crippen molar-refractivity contribution in [3.63, 3.8) is 0 Å². The van der Waals surface area contributed by atoms with Crippen LogP contribution in [0.25, 0.3) is 0 Å². The number of carbonyl (C=O) groups excluding carboxylic acids is 6. The van der Waals surface area contributed by atoms with Crippen LogP contribution in [0.2, 0.25) is 0 Å². The van der Waals surface area contributed by atoms with Gasteiger partial charge in [-0.15, -0.1) is 4.62 Å². The van der Waals surface area contributed by atoms with Crippen molar-refractivity contribution < 1.29 is 77.0 Å². The Balaban J connectivity index is 3.04. The number of primary amides is 1. The fraction of sp³-hybridized carbons (Fsp3) is 0.897. The number of ether oxygens (including phenoxy) is 2. The van der Waals surface area contributed by atoms with Gasteiger partial charge in [0.05, 0.1) is 32.0 Å². The van der Waals surface area contributed by atoms with Crippen molar-refractivity contribution in [2.75, 3.05) is 32.9 Å². The highest BCUT2D eigenvalue weighted by Gasteiger charge is 2.47. The summed E-state index contributed by atoms with van der Waals surface area (Å²) in [5.74, 6) is -4.52. The molecule has 24 heteroatoms. The molecule has 1 rings (SSSR count). The Labute approximate surface area is 491 Å². The van der Waals surface area contributed by atoms with Crippen LogP contribution in [0.15, 0.2) is 0 Å². The van der Waals surface area contributed by atoms with Crippen molar-refractivity contribution in [2.45, 2.75) is 302 Å². The summed E-state index contributed by atoms with van der Waals surface area (Å²) >= 11 is 0. The number of hydroxylamine groups is 2. The van der Waals surface area contributed by atoms with Crippen LogP contribution >= 0.6 is 7.82 Å². The number of nitrogens with one attached hydrogen (secondary N) is 3. The van der Waals surface area contributed by atoms with Crippen molar-refractivity contribution in [2.24, 2.45) is 11.5 Å². The van der Waals surface area contributed by atoms with E-state index in [0.29, 0.717) is 12.8 Å². The predicted molar refractivity (Wildman–Crippen MR) is 313 cm³/mol. The van der Waals surface area contributed by atoms with Gasteiger partial charge in [-0.2, -0.15) is 0 Å². The van der Waals surface area contributed by atoms with Crippen LogP contribution in [0.1, 0.15) is 247 Å². The zero-order chi connectivity index (χ0) is 61.1. The van der Waals surface area contributed by atoms with E-state index in [1.54, 1.807) is 0 Å². The maximum atomic E-state index is 14.0. The van der Waals surface area contributed by atoms with Crippen LogP contribution in [-0.4, -0.2) is 154 Å². The van der Waals surface area contributed by atoms with E-state index in [1.807, 2.05) is 0 Å². The fourth-order valence-corrected chi connectivity index (χ4v) is 10.9. The van der Waals surface area contributed by atoms with Crippen LogP contribution in [0.5, 0.6) is 0 Å². The number of phosphoric acid groups is 1. The van der Waals surface area contributed by atoms with Gasteiger partial charge in [-0.05, 0) is 40.0 Å². The lowest BCUT2D eigenvalue weighted by Gasteiger charge is -2.44. The standard InChI is InChI=1S/C58H112N7O16P/c1-7-9-11-13-15-17-19-21-22-23-25-27-29-31-33-35-40-77-82(76,81-65(75)51(69)36-34-32-30-28-26-24-20-18-16-14-12-10-8-2)78-41-39-61-57(73)46(5)64(50(68)38-37-48(55(60)71)63-56(72)45(4)59)42-44(3)79-54-52(62-47(6)67)58(74)80-49(43-66)53(54)70/h44-46,48-49,52-54,58,66,70,74-75H,7-43,59H2,1-6H3,(H2,60,71)(H,61,73)(H,62,67)(H,63,72)/t44?,45-,46-,48+,49+,52-,53+,54+,58-,82?/m0/s1. The Morgan fingerprint density at radius 1 is 0.659 bits per heavy atom. The van der Waals surface area contributed by atoms with Gasteiger partial charge < -0.3 is 57.1 Å². The summed E-state index contributed by atoms with van der Waals surface area (Å²) < 4.78 is 41.8. The minimum absolute atomic E-state index is 0.0679. The third-order valence-corrected chi connectivity index (χ3v) is 16.1. The summed E-state index contributed by atoms with van der Waals surface area (Å²) in [4.78, 5) is 78.7. The molecule has 480 valence electrons. The average molecular weight is 1190 g/mol. The topological polar surface area (TPSA) is 341 Å². The maximum Gasteiger partial charge on any atom is 0.498 e. The molecule has 6 amide bonds. The van der Waals surface area contributed by atoms with Crippen LogP contribution in [-0.2, 0) is 56.5 Å². The van der Waals surface area contributed by atoms with Gasteiger partial charge in [-0.3, -0.25) is 43.0 Å². The monoisotopic (exact) mass is 1190 g/mol. The number of phosphoric ester groups is 1. The minimum atomic E-state index is -4.66. The van der Waals surface area contributed by atoms with E-state index in [1.165, 1.54) is 150 Å². The first kappa shape index (κ1) is 76.7. The summed E-state index contributed by atoms with van der Waals surface area (Å²) in [6.07, 6.45) is 25.2. The molecule has 23 nitrogen and oxygen atoms in total. The summed E-state index contributed by atoms with van der Waals surface area (Å²) in [7, 11) is -4.66. The van der Waals surface area contributed by atoms with Crippen LogP contribution < -0.4 is 27.4 Å². The summed E-state index contributed by atoms with van der Waals surface area (Å²) in [6.45, 7) is 7.94. The molecule has 1 saturated heterocycles. The number of hydrogen-bond donors (Lipinski definition) is 9. The molecule has 82 heavy (non-hydrogen) atoms. The second-order valence-electron chi connectivity index (χ2n) is 22.3. The number of hydrogen-bond acceptors (Lipinski definition) is 17. The van der Waals surface area contributed by atoms with Crippen molar-refractivity contribution in [3.8, 4) is 0 Å². The highest BCUT2D eigenvalue weighted by Crippen LogP contribution is 2.50. The van der Waals surface area contributed by atoms with Gasteiger partial charge in [0.15, 0.2) is 6.29 Å². The second kappa shape index (κ2) is 46.9. The van der Waals surface area contributed by atoms with Gasteiger partial charge in [0.2, 0.25) is 29.5 Å². The molecule has 1 fully saturated rings. The summed E-state index contributed by atoms with van der Waals surface area (Å²) in [5, 5.41) is 49.6. The van der Waals surface area contributed by atoms with Gasteiger partial charge >= 0.3 is 7.82 Å². The van der Waals surface area contributed by atoms with E-state index >= 15 is 0 Å². The first-order valence-electron chi connectivity index (χ1n) is 31.3. The average Bonchev–Trinajstić information content (AvgIpc) is 3.64. The molecule has 0 aromatic heterocycles. The molecule has 11 N–H and O–H groups in total. The Morgan fingerprint density at radius 3 is 1.57 bits per heavy atom. The highest BCUT2D eigenvalue weighted by atomic mass is 31.2. The van der Waals surface area contributed by atoms with Crippen molar-refractivity contribution in [1.82, 2.24) is 26.1 Å². The zero-order valence-corrected chi connectivity index (χ0v) is 51.9. The third kappa shape index (κ3) is 35.2. The summed E-state index contributed by atoms with van der Waals surface area (Å²) in [6, 6.07) is -4.91. The van der Waals surface area contributed by atoms with Gasteiger partial charge in [-0.25, -0.2) is 4.57 Å². The Bertz CT molecular complexity index is 1790. The molecule has 0 bridgehead atoms. The molecule has 0 spiro atoms. The molecule has 2 unspecified atom stereocenters. The number of carbonyl (C=O) groups is 6. The summed E-state index contributed by atoms with van der Waals surface area (Å²) in [5.41, 5.74) is 11.2. The molecular weight excluding hydrogens is 1080 g/mol. The normalized spacial score (nSPS) is 19.3. The fourth-order valence-electron chi connectivity index (χ4n) is 9.76. The molecule has 0 aromatic rings. The van der Waals surface area contributed by atoms with E-state index in [9.17, 15) is 53.9 Å². The minimum Gasteiger partial charge on any atom is -0.394 e. The quantitative estimate of drug-likeness (QED) is 0.0121. The Hall–Kier alpha value is -3.35. The van der Waals surface area contributed by atoms with Gasteiger partial charge in [0, 0.05) is 32.9 Å². The molecule has 0 aliphatic carbocycles. The molecule has 0 aromatic carbocycles. The number of rotatable bonds is 52. The van der Waals surface area contributed by atoms with Gasteiger partial charge in [0.1, 0.15) is 36.4 Å². The van der Waals surface area contributed by atoms with E-state index in [0.717, 1.165) is 56.3 Å². The van der Waals surface area contributed by atoms with Crippen LogP contribution in [0.4, 0.5) is 0 Å². The third-order valence-electron chi connectivity index (χ3n) is 14.8. The Morgan fingerprint density at radius 2 is 1.12 bits per heavy atom. The molecular formula is C58H112N7O16P. The predicted octanol–water partition coefficient (Wildman–Crippen LogP) is 7.80. The van der Waals surface area contributed by atoms with E-state index in [2.05, 4.69) is 29.8 Å². The SMILES string of the molecule is CCCCCCCCCCCCCCCCCCOP(=O)(OCCNC(=O)[C@H](C)N(CC(C)O[C@H]1[C@H](O)[C@@H](CO)O[C@H](O)[C@H]1NC(C)=O)C(=O)CC[C@@H](NC(=O)[C@H](C)N)C(N)=O)ON(O)C(=O)CCCCCCCCCCCCCCC. The lowest BCUT2D eigenvalue weighted by molar-refractivity contribution is -0.274. The number of unbranched alkanes of at least 4 members (excludes halogenated alkanes) is 27. The van der Waals surface area contributed by atoms with Crippen LogP contribution in [0.3, 0.4) is 0 Å². The zero-order valence-electron chi connectivity index (χ0n) is 51.0. The molecule has 0 saturated carbocycles. The lowest BCUT2D eigenvalue weighted by Crippen LogP contribution is -2.65. The maximum absolute atomic E-state index is 14.0. The first-order valence-corrected chi connectivity index (χ1v) is 32.8. The number of amides is 6. The first-order chi connectivity index (χ1) is 39.2. The van der Waals surface area contributed by atoms with E-state index in [-0.39, 0.29) is 37.8 Å². The van der Waals surface area contributed by atoms with Crippen LogP contribution in [0, 0.1) is 0 Å². The molecule has 1 aliphatic rings. The largest absolute Gasteiger partial charge is 0.498 e. The molecule has 1 heterocycles. The smallest absolute Gasteiger partial charge is 0.394 e. The number of aliphatic hydroxyl groups is 3. The Kier molecular flexibility index (Phi) is 43.8. The highest BCUT2D eigenvalue weighted by molar-refractivity contribution is 7.48. The van der Waals surface area contributed by atoms with Crippen molar-refractivity contribution in [3.05, 3.63) is 0 Å². The molecule has 0 radical (unpaired) electrons. The van der Waals surface area contributed by atoms with Crippen molar-refractivity contribution >= 4 is 43.3 Å². The number of nitrogens with zero attached hydrogens (tertiary/aromatic N) is 2. The van der Waals surface area contributed by atoms with Gasteiger partial charge in [-0.1, -0.05) is 192 Å². The molecule has 1 aliphatic heterocycles. The number of aliphatic hydroxyl groups excluding tert-OH is 3. The van der Waals surface area contributed by atoms with E-state index < -0.39 is 118 Å².